The van der Waals surface area contributed by atoms with Crippen molar-refractivity contribution in [2.45, 2.75) is 74.5 Å². The van der Waals surface area contributed by atoms with Crippen LogP contribution >= 0.6 is 11.8 Å². The minimum atomic E-state index is -1.00. The van der Waals surface area contributed by atoms with Gasteiger partial charge in [-0.15, -0.1) is 11.8 Å². The molecule has 33 heavy (non-hydrogen) atoms. The summed E-state index contributed by atoms with van der Waals surface area (Å²) >= 11 is 1.36. The molecule has 0 aromatic heterocycles. The summed E-state index contributed by atoms with van der Waals surface area (Å²) in [5.74, 6) is -1.89. The lowest BCUT2D eigenvalue weighted by Gasteiger charge is -2.19. The zero-order valence-corrected chi connectivity index (χ0v) is 20.1. The second kappa shape index (κ2) is 17.9. The minimum Gasteiger partial charge on any atom is -0.481 e. The number of thioether (sulfide) groups is 1. The number of hydrogen-bond acceptors (Lipinski definition) is 4. The Labute approximate surface area is 201 Å². The molecule has 0 aliphatic carbocycles. The maximum Gasteiger partial charge on any atom is 0.335 e. The zero-order chi connectivity index (χ0) is 24.3. The molecule has 0 saturated carbocycles. The number of benzene rings is 1. The Kier molecular flexibility index (Phi) is 15.5. The number of unbranched alkanes of at least 4 members (excludes halogenated alkanes) is 3. The Morgan fingerprint density at radius 3 is 2.52 bits per heavy atom. The van der Waals surface area contributed by atoms with Gasteiger partial charge < -0.3 is 15.3 Å². The first kappa shape index (κ1) is 28.5. The van der Waals surface area contributed by atoms with Crippen LogP contribution in [0, 0.1) is 0 Å². The molecule has 0 bridgehead atoms. The van der Waals surface area contributed by atoms with Crippen molar-refractivity contribution in [3.63, 3.8) is 0 Å². The van der Waals surface area contributed by atoms with E-state index >= 15 is 0 Å². The predicted octanol–water partition coefficient (Wildman–Crippen LogP) is 6.66. The van der Waals surface area contributed by atoms with Crippen LogP contribution < -0.4 is 0 Å². The van der Waals surface area contributed by atoms with Crippen molar-refractivity contribution in [3.8, 4) is 0 Å². The number of rotatable bonds is 17. The minimum absolute atomic E-state index is 0.00437. The number of hydrogen-bond donors (Lipinski definition) is 3. The summed E-state index contributed by atoms with van der Waals surface area (Å²) in [6.07, 6.45) is 21.7. The second-order valence-corrected chi connectivity index (χ2v) is 8.92. The molecule has 1 aromatic carbocycles. The molecule has 0 heterocycles. The molecule has 0 saturated heterocycles. The van der Waals surface area contributed by atoms with Gasteiger partial charge in [0.1, 0.15) is 0 Å². The summed E-state index contributed by atoms with van der Waals surface area (Å²) in [5.41, 5.74) is 0.188. The summed E-state index contributed by atoms with van der Waals surface area (Å²) in [7, 11) is 0. The highest BCUT2D eigenvalue weighted by atomic mass is 32.2. The van der Waals surface area contributed by atoms with Crippen molar-refractivity contribution in [3.05, 3.63) is 78.4 Å². The quantitative estimate of drug-likeness (QED) is 0.102. The molecule has 0 amide bonds. The third-order valence-corrected chi connectivity index (χ3v) is 6.08. The lowest BCUT2D eigenvalue weighted by Crippen LogP contribution is -2.21. The average Bonchev–Trinajstić information content (AvgIpc) is 2.78. The molecule has 1 aromatic rings. The van der Waals surface area contributed by atoms with E-state index in [1.54, 1.807) is 18.2 Å². The highest BCUT2D eigenvalue weighted by Crippen LogP contribution is 2.29. The van der Waals surface area contributed by atoms with E-state index in [9.17, 15) is 19.8 Å². The van der Waals surface area contributed by atoms with Crippen molar-refractivity contribution in [1.29, 1.82) is 0 Å². The summed E-state index contributed by atoms with van der Waals surface area (Å²) in [6.45, 7) is 2.20. The molecule has 2 atom stereocenters. The maximum absolute atomic E-state index is 11.2. The normalized spacial score (nSPS) is 14.0. The van der Waals surface area contributed by atoms with Gasteiger partial charge in [0, 0.05) is 11.3 Å². The van der Waals surface area contributed by atoms with Crippen LogP contribution in [-0.4, -0.2) is 38.6 Å². The second-order valence-electron chi connectivity index (χ2n) is 7.67. The first-order valence-corrected chi connectivity index (χ1v) is 12.4. The Bertz CT molecular complexity index is 826. The van der Waals surface area contributed by atoms with E-state index < -0.39 is 18.0 Å². The molecule has 0 aliphatic heterocycles. The number of aliphatic hydroxyl groups is 1. The number of aromatic carboxylic acids is 1. The standard InChI is InChI=1S/C27H36O5S/c1-2-3-4-5-6-7-8-9-10-11-12-13-19-25(24(28)18-15-20-26(29)30)33-23-17-14-16-22(21-23)27(31)32/h6-7,9-14,16-17,19,21,24-25,28H,2-5,8,15,18,20H2,1H3,(H,29,30)(H,31,32)/b7-6-,10-9-,12-11+,19-13+/t24-,25+/m0/s1. The van der Waals surface area contributed by atoms with Crippen LogP contribution in [0.2, 0.25) is 0 Å². The fourth-order valence-corrected chi connectivity index (χ4v) is 4.13. The van der Waals surface area contributed by atoms with Crippen LogP contribution in [0.1, 0.15) is 68.6 Å². The van der Waals surface area contributed by atoms with Gasteiger partial charge in [0.25, 0.3) is 0 Å². The molecule has 0 fully saturated rings. The van der Waals surface area contributed by atoms with Gasteiger partial charge >= 0.3 is 11.9 Å². The van der Waals surface area contributed by atoms with Gasteiger partial charge in [-0.05, 0) is 50.3 Å². The van der Waals surface area contributed by atoms with E-state index in [0.29, 0.717) is 12.8 Å². The number of carboxylic acid groups (broad SMARTS) is 2. The third-order valence-electron chi connectivity index (χ3n) is 4.81. The lowest BCUT2D eigenvalue weighted by molar-refractivity contribution is -0.137. The van der Waals surface area contributed by atoms with E-state index in [-0.39, 0.29) is 17.2 Å². The summed E-state index contributed by atoms with van der Waals surface area (Å²) in [6, 6.07) is 6.57. The fourth-order valence-electron chi connectivity index (χ4n) is 3.00. The molecule has 1 rings (SSSR count). The molecule has 5 nitrogen and oxygen atoms in total. The van der Waals surface area contributed by atoms with E-state index in [2.05, 4.69) is 25.2 Å². The Hall–Kier alpha value is -2.57. The van der Waals surface area contributed by atoms with E-state index in [4.69, 9.17) is 5.11 Å². The van der Waals surface area contributed by atoms with Crippen LogP contribution in [0.4, 0.5) is 0 Å². The molecule has 0 spiro atoms. The van der Waals surface area contributed by atoms with Crippen molar-refractivity contribution in [1.82, 2.24) is 0 Å². The first-order valence-electron chi connectivity index (χ1n) is 11.5. The number of allylic oxidation sites excluding steroid dienone is 7. The van der Waals surface area contributed by atoms with Crippen molar-refractivity contribution >= 4 is 23.7 Å². The predicted molar refractivity (Wildman–Crippen MR) is 136 cm³/mol. The van der Waals surface area contributed by atoms with E-state index in [0.717, 1.165) is 17.7 Å². The topological polar surface area (TPSA) is 94.8 Å². The van der Waals surface area contributed by atoms with Gasteiger partial charge in [-0.2, -0.15) is 0 Å². The van der Waals surface area contributed by atoms with Crippen molar-refractivity contribution < 1.29 is 24.9 Å². The lowest BCUT2D eigenvalue weighted by atomic mass is 10.1. The van der Waals surface area contributed by atoms with Gasteiger partial charge in [0.15, 0.2) is 0 Å². The van der Waals surface area contributed by atoms with Crippen LogP contribution in [-0.2, 0) is 4.79 Å². The van der Waals surface area contributed by atoms with Gasteiger partial charge in [0.2, 0.25) is 0 Å². The number of aliphatic carboxylic acids is 1. The van der Waals surface area contributed by atoms with E-state index in [1.165, 1.54) is 37.1 Å². The van der Waals surface area contributed by atoms with Gasteiger partial charge in [-0.1, -0.05) is 74.4 Å². The van der Waals surface area contributed by atoms with Crippen LogP contribution in [0.15, 0.2) is 77.8 Å². The molecule has 0 aliphatic rings. The summed E-state index contributed by atoms with van der Waals surface area (Å²) in [5, 5.41) is 28.3. The SMILES string of the molecule is CCCCC/C=C\C\C=C/C=C/C=C/[C@@H](Sc1cccc(C(=O)O)c1)[C@@H](O)CCCC(=O)O. The van der Waals surface area contributed by atoms with Crippen molar-refractivity contribution in [2.75, 3.05) is 0 Å². The average molecular weight is 473 g/mol. The van der Waals surface area contributed by atoms with Gasteiger partial charge in [0.05, 0.1) is 16.9 Å². The summed E-state index contributed by atoms with van der Waals surface area (Å²) < 4.78 is 0. The van der Waals surface area contributed by atoms with Crippen LogP contribution in [0.25, 0.3) is 0 Å². The molecule has 180 valence electrons. The van der Waals surface area contributed by atoms with Gasteiger partial charge in [-0.3, -0.25) is 4.79 Å². The van der Waals surface area contributed by atoms with Crippen molar-refractivity contribution in [2.24, 2.45) is 0 Å². The molecular weight excluding hydrogens is 436 g/mol. The monoisotopic (exact) mass is 472 g/mol. The van der Waals surface area contributed by atoms with Crippen LogP contribution in [0.3, 0.4) is 0 Å². The molecule has 0 radical (unpaired) electrons. The molecule has 3 N–H and O–H groups in total. The number of carbonyl (C=O) groups is 2. The first-order chi connectivity index (χ1) is 15.9. The Balaban J connectivity index is 2.67. The molecule has 0 unspecified atom stereocenters. The van der Waals surface area contributed by atoms with E-state index in [1.807, 2.05) is 30.4 Å². The zero-order valence-electron chi connectivity index (χ0n) is 19.3. The highest BCUT2D eigenvalue weighted by molar-refractivity contribution is 8.00. The maximum atomic E-state index is 11.2. The van der Waals surface area contributed by atoms with Gasteiger partial charge in [-0.25, -0.2) is 4.79 Å². The summed E-state index contributed by atoms with van der Waals surface area (Å²) in [4.78, 5) is 22.7. The third kappa shape index (κ3) is 14.2. The highest BCUT2D eigenvalue weighted by Gasteiger charge is 2.18. The largest absolute Gasteiger partial charge is 0.481 e. The Morgan fingerprint density at radius 2 is 1.79 bits per heavy atom. The smallest absolute Gasteiger partial charge is 0.335 e. The molecular formula is C27H36O5S. The van der Waals surface area contributed by atoms with Crippen LogP contribution in [0.5, 0.6) is 0 Å². The number of aliphatic hydroxyl groups excluding tert-OH is 1. The Morgan fingerprint density at radius 1 is 1.00 bits per heavy atom. The fraction of sp³-hybridized carbons (Fsp3) is 0.407. The molecule has 6 heteroatoms. The number of carboxylic acids is 2.